The van der Waals surface area contributed by atoms with Gasteiger partial charge in [-0.1, -0.05) is 18.2 Å². The summed E-state index contributed by atoms with van der Waals surface area (Å²) in [4.78, 5) is 12.7. The Hall–Kier alpha value is -2.20. The van der Waals surface area contributed by atoms with Gasteiger partial charge in [0.15, 0.2) is 0 Å². The van der Waals surface area contributed by atoms with Crippen molar-refractivity contribution in [2.24, 2.45) is 0 Å². The standard InChI is InChI=1S/C22H26FNO2/c1-2-17(5-7-21(23)4-3-11-25)19-14-18-6-8-22(16-20(18)15-19)24-9-12-26-13-10-24/h2,4,6,8,11,15-16H,3,5,7,9-10,12-14H2,1H3/b17-2+,21-4+. The fourth-order valence-electron chi connectivity index (χ4n) is 3.57. The summed E-state index contributed by atoms with van der Waals surface area (Å²) in [5, 5.41) is 0. The van der Waals surface area contributed by atoms with Gasteiger partial charge in [0.2, 0.25) is 0 Å². The fraction of sp³-hybridized carbons (Fsp3) is 0.409. The molecular formula is C22H26FNO2. The summed E-state index contributed by atoms with van der Waals surface area (Å²) in [6, 6.07) is 6.66. The summed E-state index contributed by atoms with van der Waals surface area (Å²) in [5.74, 6) is -0.206. The summed E-state index contributed by atoms with van der Waals surface area (Å²) in [6.45, 7) is 5.43. The lowest BCUT2D eigenvalue weighted by atomic mass is 9.98. The van der Waals surface area contributed by atoms with Gasteiger partial charge in [-0.15, -0.1) is 0 Å². The number of carbonyl (C=O) groups excluding carboxylic acids is 1. The van der Waals surface area contributed by atoms with E-state index in [-0.39, 0.29) is 12.2 Å². The van der Waals surface area contributed by atoms with Crippen molar-refractivity contribution in [3.05, 3.63) is 58.5 Å². The van der Waals surface area contributed by atoms with Gasteiger partial charge in [-0.05, 0) is 60.2 Å². The van der Waals surface area contributed by atoms with Crippen LogP contribution in [0, 0.1) is 0 Å². The van der Waals surface area contributed by atoms with Gasteiger partial charge in [0, 0.05) is 31.6 Å². The zero-order chi connectivity index (χ0) is 18.4. The Labute approximate surface area is 154 Å². The third kappa shape index (κ3) is 4.50. The van der Waals surface area contributed by atoms with E-state index in [1.807, 2.05) is 6.92 Å². The number of morpholine rings is 1. The van der Waals surface area contributed by atoms with Crippen molar-refractivity contribution < 1.29 is 13.9 Å². The first-order valence-corrected chi connectivity index (χ1v) is 9.31. The number of rotatable bonds is 7. The molecule has 138 valence electrons. The van der Waals surface area contributed by atoms with Crippen LogP contribution in [0.2, 0.25) is 0 Å². The lowest BCUT2D eigenvalue weighted by Crippen LogP contribution is -2.36. The number of allylic oxidation sites excluding steroid dienone is 5. The zero-order valence-corrected chi connectivity index (χ0v) is 15.3. The first kappa shape index (κ1) is 18.6. The van der Waals surface area contributed by atoms with Gasteiger partial charge < -0.3 is 14.4 Å². The highest BCUT2D eigenvalue weighted by molar-refractivity contribution is 5.71. The molecule has 0 bridgehead atoms. The predicted octanol–water partition coefficient (Wildman–Crippen LogP) is 4.63. The molecule has 3 rings (SSSR count). The Bertz CT molecular complexity index is 743. The summed E-state index contributed by atoms with van der Waals surface area (Å²) in [5.41, 5.74) is 6.29. The van der Waals surface area contributed by atoms with E-state index in [0.29, 0.717) is 12.8 Å². The molecule has 0 N–H and O–H groups in total. The highest BCUT2D eigenvalue weighted by Crippen LogP contribution is 2.34. The van der Waals surface area contributed by atoms with Crippen LogP contribution in [0.15, 0.2) is 47.3 Å². The average Bonchev–Trinajstić information content (AvgIpc) is 3.10. The Morgan fingerprint density at radius 1 is 1.27 bits per heavy atom. The van der Waals surface area contributed by atoms with E-state index in [2.05, 4.69) is 35.3 Å². The molecule has 1 heterocycles. The van der Waals surface area contributed by atoms with E-state index < -0.39 is 0 Å². The van der Waals surface area contributed by atoms with Gasteiger partial charge >= 0.3 is 0 Å². The minimum Gasteiger partial charge on any atom is -0.378 e. The first-order chi connectivity index (χ1) is 12.7. The molecule has 1 aliphatic carbocycles. The van der Waals surface area contributed by atoms with Crippen LogP contribution in [-0.4, -0.2) is 32.6 Å². The van der Waals surface area contributed by atoms with E-state index in [1.54, 1.807) is 0 Å². The van der Waals surface area contributed by atoms with Crippen molar-refractivity contribution in [1.29, 1.82) is 0 Å². The van der Waals surface area contributed by atoms with Gasteiger partial charge in [0.1, 0.15) is 6.29 Å². The summed E-state index contributed by atoms with van der Waals surface area (Å²) in [6.07, 6.45) is 8.46. The molecule has 1 aromatic carbocycles. The van der Waals surface area contributed by atoms with Crippen molar-refractivity contribution in [2.75, 3.05) is 31.2 Å². The molecule has 0 aromatic heterocycles. The Balaban J connectivity index is 1.68. The SMILES string of the molecule is C/C=C(\CC/C(F)=C\CC=O)C1=Cc2cc(N3CCOCC3)ccc2C1. The minimum atomic E-state index is -0.206. The van der Waals surface area contributed by atoms with Gasteiger partial charge in [-0.3, -0.25) is 0 Å². The van der Waals surface area contributed by atoms with Crippen LogP contribution in [0.1, 0.15) is 37.3 Å². The molecule has 1 fully saturated rings. The van der Waals surface area contributed by atoms with Crippen LogP contribution < -0.4 is 4.90 Å². The monoisotopic (exact) mass is 355 g/mol. The maximum atomic E-state index is 13.7. The number of carbonyl (C=O) groups is 1. The number of hydrogen-bond donors (Lipinski definition) is 0. The highest BCUT2D eigenvalue weighted by atomic mass is 19.1. The second kappa shape index (κ2) is 8.95. The molecule has 0 radical (unpaired) electrons. The second-order valence-corrected chi connectivity index (χ2v) is 6.70. The van der Waals surface area contributed by atoms with Gasteiger partial charge in [0.05, 0.1) is 19.0 Å². The third-order valence-corrected chi connectivity index (χ3v) is 5.05. The molecule has 0 spiro atoms. The predicted molar refractivity (Wildman–Crippen MR) is 104 cm³/mol. The number of ether oxygens (including phenoxy) is 1. The number of nitrogens with zero attached hydrogens (tertiary/aromatic N) is 1. The van der Waals surface area contributed by atoms with Crippen molar-refractivity contribution in [2.45, 2.75) is 32.6 Å². The molecule has 1 aliphatic heterocycles. The van der Waals surface area contributed by atoms with Crippen molar-refractivity contribution in [1.82, 2.24) is 0 Å². The van der Waals surface area contributed by atoms with Gasteiger partial charge in [-0.25, -0.2) is 4.39 Å². The smallest absolute Gasteiger partial charge is 0.123 e. The maximum absolute atomic E-state index is 13.7. The summed E-state index contributed by atoms with van der Waals surface area (Å²) in [7, 11) is 0. The van der Waals surface area contributed by atoms with Crippen LogP contribution >= 0.6 is 0 Å². The third-order valence-electron chi connectivity index (χ3n) is 5.05. The molecule has 1 saturated heterocycles. The number of anilines is 1. The molecule has 0 atom stereocenters. The quantitative estimate of drug-likeness (QED) is 0.668. The fourth-order valence-corrected chi connectivity index (χ4v) is 3.57. The molecule has 4 heteroatoms. The Kier molecular flexibility index (Phi) is 6.40. The van der Waals surface area contributed by atoms with Crippen LogP contribution in [0.5, 0.6) is 0 Å². The van der Waals surface area contributed by atoms with Crippen LogP contribution in [0.25, 0.3) is 6.08 Å². The van der Waals surface area contributed by atoms with Gasteiger partial charge in [0.25, 0.3) is 0 Å². The molecule has 3 nitrogen and oxygen atoms in total. The van der Waals surface area contributed by atoms with Gasteiger partial charge in [-0.2, -0.15) is 0 Å². The summed E-state index contributed by atoms with van der Waals surface area (Å²) < 4.78 is 19.2. The highest BCUT2D eigenvalue weighted by Gasteiger charge is 2.18. The molecule has 0 amide bonds. The normalized spacial score (nSPS) is 17.9. The molecule has 0 saturated carbocycles. The molecule has 2 aliphatic rings. The Morgan fingerprint density at radius 2 is 2.08 bits per heavy atom. The van der Waals surface area contributed by atoms with Crippen molar-refractivity contribution in [3.63, 3.8) is 0 Å². The second-order valence-electron chi connectivity index (χ2n) is 6.70. The van der Waals surface area contributed by atoms with E-state index in [1.165, 1.54) is 34.0 Å². The molecule has 0 unspecified atom stereocenters. The first-order valence-electron chi connectivity index (χ1n) is 9.31. The lowest BCUT2D eigenvalue weighted by molar-refractivity contribution is -0.107. The number of benzene rings is 1. The van der Waals surface area contributed by atoms with E-state index in [4.69, 9.17) is 4.74 Å². The number of halogens is 1. The zero-order valence-electron chi connectivity index (χ0n) is 15.3. The van der Waals surface area contributed by atoms with Crippen molar-refractivity contribution >= 4 is 18.0 Å². The Morgan fingerprint density at radius 3 is 2.81 bits per heavy atom. The van der Waals surface area contributed by atoms with E-state index >= 15 is 0 Å². The molecule has 26 heavy (non-hydrogen) atoms. The van der Waals surface area contributed by atoms with E-state index in [9.17, 15) is 9.18 Å². The largest absolute Gasteiger partial charge is 0.378 e. The molecule has 1 aromatic rings. The van der Waals surface area contributed by atoms with Crippen LogP contribution in [-0.2, 0) is 16.0 Å². The number of aldehydes is 1. The maximum Gasteiger partial charge on any atom is 0.123 e. The van der Waals surface area contributed by atoms with Crippen LogP contribution in [0.4, 0.5) is 10.1 Å². The average molecular weight is 355 g/mol. The molecular weight excluding hydrogens is 329 g/mol. The topological polar surface area (TPSA) is 29.5 Å². The van der Waals surface area contributed by atoms with Crippen LogP contribution in [0.3, 0.4) is 0 Å². The summed E-state index contributed by atoms with van der Waals surface area (Å²) >= 11 is 0. The number of fused-ring (bicyclic) bond motifs is 1. The van der Waals surface area contributed by atoms with E-state index in [0.717, 1.165) is 39.0 Å². The van der Waals surface area contributed by atoms with Crippen molar-refractivity contribution in [3.8, 4) is 0 Å². The lowest BCUT2D eigenvalue weighted by Gasteiger charge is -2.29. The minimum absolute atomic E-state index is 0.148. The number of hydrogen-bond acceptors (Lipinski definition) is 3.